The van der Waals surface area contributed by atoms with E-state index in [1.165, 1.54) is 19.3 Å². The number of aromatic nitrogens is 2. The topological polar surface area (TPSA) is 58.6 Å². The maximum absolute atomic E-state index is 12.9. The van der Waals surface area contributed by atoms with Crippen LogP contribution in [0.5, 0.6) is 0 Å². The Kier molecular flexibility index (Phi) is 4.99. The first-order chi connectivity index (χ1) is 13.7. The van der Waals surface area contributed by atoms with Crippen LogP contribution in [0.25, 0.3) is 0 Å². The molecule has 1 saturated heterocycles. The minimum atomic E-state index is -0.115. The van der Waals surface area contributed by atoms with Gasteiger partial charge in [0.1, 0.15) is 0 Å². The van der Waals surface area contributed by atoms with Crippen molar-refractivity contribution in [3.8, 4) is 0 Å². The monoisotopic (exact) mass is 384 g/mol. The average Bonchev–Trinajstić information content (AvgIpc) is 2.71. The van der Waals surface area contributed by atoms with Crippen molar-refractivity contribution in [2.75, 3.05) is 44.2 Å². The van der Waals surface area contributed by atoms with Gasteiger partial charge in [0.15, 0.2) is 0 Å². The summed E-state index contributed by atoms with van der Waals surface area (Å²) in [7, 11) is 0. The number of rotatable bonds is 6. The lowest BCUT2D eigenvalue weighted by molar-refractivity contribution is -0.171. The van der Waals surface area contributed by atoms with Crippen LogP contribution in [0.1, 0.15) is 44.9 Å². The van der Waals surface area contributed by atoms with E-state index in [0.29, 0.717) is 6.61 Å². The van der Waals surface area contributed by atoms with Gasteiger partial charge in [-0.25, -0.2) is 9.97 Å². The van der Waals surface area contributed by atoms with Crippen molar-refractivity contribution in [1.29, 1.82) is 0 Å². The van der Waals surface area contributed by atoms with Crippen LogP contribution in [0.4, 0.5) is 5.95 Å². The third kappa shape index (κ3) is 3.63. The fourth-order valence-corrected chi connectivity index (χ4v) is 6.59. The molecule has 6 rings (SSSR count). The summed E-state index contributed by atoms with van der Waals surface area (Å²) in [5.74, 6) is 3.33. The molecule has 0 radical (unpaired) electrons. The third-order valence-corrected chi connectivity index (χ3v) is 7.53. The molecule has 1 aliphatic heterocycles. The molecule has 0 N–H and O–H groups in total. The Hall–Kier alpha value is -1.69. The van der Waals surface area contributed by atoms with Gasteiger partial charge in [-0.15, -0.1) is 0 Å². The fraction of sp³-hybridized carbons (Fsp3) is 0.773. The van der Waals surface area contributed by atoms with Crippen molar-refractivity contribution in [2.45, 2.75) is 44.9 Å². The highest BCUT2D eigenvalue weighted by Gasteiger charge is 2.55. The molecule has 2 heterocycles. The zero-order valence-corrected chi connectivity index (χ0v) is 16.8. The molecule has 28 heavy (non-hydrogen) atoms. The number of anilines is 1. The first-order valence-electron chi connectivity index (χ1n) is 11.1. The third-order valence-electron chi connectivity index (χ3n) is 7.53. The number of ether oxygens (including phenoxy) is 1. The average molecular weight is 385 g/mol. The molecule has 0 unspecified atom stereocenters. The second-order valence-electron chi connectivity index (χ2n) is 9.56. The first-order valence-corrected chi connectivity index (χ1v) is 11.1. The van der Waals surface area contributed by atoms with Crippen LogP contribution in [0.2, 0.25) is 0 Å². The maximum atomic E-state index is 12.9. The van der Waals surface area contributed by atoms with Gasteiger partial charge < -0.3 is 9.64 Å². The number of piperazine rings is 1. The summed E-state index contributed by atoms with van der Waals surface area (Å²) < 4.78 is 5.81. The Morgan fingerprint density at radius 1 is 1.00 bits per heavy atom. The van der Waals surface area contributed by atoms with Crippen molar-refractivity contribution in [3.05, 3.63) is 18.5 Å². The summed E-state index contributed by atoms with van der Waals surface area (Å²) in [6, 6.07) is 1.85. The van der Waals surface area contributed by atoms with Crippen molar-refractivity contribution < 1.29 is 9.53 Å². The molecule has 4 aliphatic carbocycles. The van der Waals surface area contributed by atoms with E-state index in [4.69, 9.17) is 4.74 Å². The summed E-state index contributed by atoms with van der Waals surface area (Å²) in [4.78, 5) is 26.3. The Labute approximate surface area is 167 Å². The predicted molar refractivity (Wildman–Crippen MR) is 107 cm³/mol. The van der Waals surface area contributed by atoms with E-state index < -0.39 is 0 Å². The molecule has 5 aliphatic rings. The molecule has 0 aromatic carbocycles. The second kappa shape index (κ2) is 7.62. The van der Waals surface area contributed by atoms with E-state index in [-0.39, 0.29) is 11.4 Å². The van der Waals surface area contributed by atoms with E-state index in [1.807, 2.05) is 6.07 Å². The molecule has 6 heteroatoms. The van der Waals surface area contributed by atoms with Gasteiger partial charge in [0, 0.05) is 45.1 Å². The SMILES string of the molecule is O=C(OCCCN1CCN(c2ncccn2)CC1)C12CC3CC(CC(C3)C1)C2. The largest absolute Gasteiger partial charge is 0.465 e. The molecule has 1 aromatic rings. The number of carbonyl (C=O) groups is 1. The smallest absolute Gasteiger partial charge is 0.312 e. The van der Waals surface area contributed by atoms with Crippen molar-refractivity contribution in [2.24, 2.45) is 23.2 Å². The van der Waals surface area contributed by atoms with E-state index in [0.717, 1.165) is 82.1 Å². The molecule has 0 spiro atoms. The summed E-state index contributed by atoms with van der Waals surface area (Å²) in [5.41, 5.74) is -0.115. The summed E-state index contributed by atoms with van der Waals surface area (Å²) in [6.07, 6.45) is 11.9. The van der Waals surface area contributed by atoms with Gasteiger partial charge in [0.05, 0.1) is 12.0 Å². The van der Waals surface area contributed by atoms with Gasteiger partial charge in [-0.2, -0.15) is 0 Å². The summed E-state index contributed by atoms with van der Waals surface area (Å²) in [6.45, 7) is 5.51. The highest BCUT2D eigenvalue weighted by molar-refractivity contribution is 5.77. The fourth-order valence-electron chi connectivity index (χ4n) is 6.59. The lowest BCUT2D eigenvalue weighted by Crippen LogP contribution is -2.50. The number of nitrogens with zero attached hydrogens (tertiary/aromatic N) is 4. The van der Waals surface area contributed by atoms with Gasteiger partial charge >= 0.3 is 5.97 Å². The quantitative estimate of drug-likeness (QED) is 0.555. The number of hydrogen-bond acceptors (Lipinski definition) is 6. The number of carbonyl (C=O) groups excluding carboxylic acids is 1. The van der Waals surface area contributed by atoms with Crippen LogP contribution < -0.4 is 4.90 Å². The highest BCUT2D eigenvalue weighted by Crippen LogP contribution is 2.60. The Balaban J connectivity index is 1.03. The lowest BCUT2D eigenvalue weighted by atomic mass is 9.49. The van der Waals surface area contributed by atoms with Gasteiger partial charge in [-0.1, -0.05) is 0 Å². The molecular weight excluding hydrogens is 352 g/mol. The van der Waals surface area contributed by atoms with Crippen molar-refractivity contribution >= 4 is 11.9 Å². The Morgan fingerprint density at radius 3 is 2.21 bits per heavy atom. The predicted octanol–water partition coefficient (Wildman–Crippen LogP) is 2.75. The molecule has 5 fully saturated rings. The minimum Gasteiger partial charge on any atom is -0.465 e. The van der Waals surface area contributed by atoms with Crippen LogP contribution in [-0.4, -0.2) is 60.2 Å². The van der Waals surface area contributed by atoms with Crippen molar-refractivity contribution in [3.63, 3.8) is 0 Å². The maximum Gasteiger partial charge on any atom is 0.312 e. The standard InChI is InChI=1S/C22H32N4O2/c27-20(22-14-17-11-18(15-22)13-19(12-17)16-22)28-10-2-5-25-6-8-26(9-7-25)21-23-3-1-4-24-21/h1,3-4,17-19H,2,5-16H2. The molecule has 4 saturated carbocycles. The zero-order chi connectivity index (χ0) is 19.0. The van der Waals surface area contributed by atoms with Crippen LogP contribution in [0.3, 0.4) is 0 Å². The van der Waals surface area contributed by atoms with Gasteiger partial charge in [0.2, 0.25) is 5.95 Å². The summed E-state index contributed by atoms with van der Waals surface area (Å²) >= 11 is 0. The zero-order valence-electron chi connectivity index (χ0n) is 16.8. The van der Waals surface area contributed by atoms with E-state index in [2.05, 4.69) is 19.8 Å². The lowest BCUT2D eigenvalue weighted by Gasteiger charge is -2.55. The molecule has 152 valence electrons. The molecule has 0 atom stereocenters. The normalized spacial score (nSPS) is 34.6. The van der Waals surface area contributed by atoms with E-state index >= 15 is 0 Å². The van der Waals surface area contributed by atoms with E-state index in [9.17, 15) is 4.79 Å². The minimum absolute atomic E-state index is 0.115. The molecule has 4 bridgehead atoms. The molecule has 0 amide bonds. The van der Waals surface area contributed by atoms with E-state index in [1.54, 1.807) is 12.4 Å². The van der Waals surface area contributed by atoms with Gasteiger partial charge in [0.25, 0.3) is 0 Å². The number of hydrogen-bond donors (Lipinski definition) is 0. The van der Waals surface area contributed by atoms with Crippen LogP contribution in [-0.2, 0) is 9.53 Å². The second-order valence-corrected chi connectivity index (χ2v) is 9.56. The molecule has 1 aromatic heterocycles. The van der Waals surface area contributed by atoms with Crippen molar-refractivity contribution in [1.82, 2.24) is 14.9 Å². The highest BCUT2D eigenvalue weighted by atomic mass is 16.5. The van der Waals surface area contributed by atoms with Crippen LogP contribution in [0, 0.1) is 23.2 Å². The Bertz CT molecular complexity index is 652. The van der Waals surface area contributed by atoms with Crippen LogP contribution >= 0.6 is 0 Å². The Morgan fingerprint density at radius 2 is 1.61 bits per heavy atom. The first kappa shape index (κ1) is 18.3. The van der Waals surface area contributed by atoms with Gasteiger partial charge in [-0.05, 0) is 68.8 Å². The number of esters is 1. The molecule has 6 nitrogen and oxygen atoms in total. The summed E-state index contributed by atoms with van der Waals surface area (Å²) in [5, 5.41) is 0. The van der Waals surface area contributed by atoms with Crippen LogP contribution in [0.15, 0.2) is 18.5 Å². The van der Waals surface area contributed by atoms with Gasteiger partial charge in [-0.3, -0.25) is 9.69 Å². The molecular formula is C22H32N4O2.